The molecule has 0 fully saturated rings. The van der Waals surface area contributed by atoms with Crippen LogP contribution in [0, 0.1) is 6.92 Å². The number of rotatable bonds is 4. The fourth-order valence-electron chi connectivity index (χ4n) is 1.73. The molecule has 2 aromatic rings. The minimum Gasteiger partial charge on any atom is -0.282 e. The molecule has 0 spiro atoms. The minimum absolute atomic E-state index is 0.196. The maximum Gasteiger partial charge on any atom is 0.294 e. The zero-order chi connectivity index (χ0) is 17.3. The Hall–Kier alpha value is -2.14. The van der Waals surface area contributed by atoms with Gasteiger partial charge in [0.25, 0.3) is 20.2 Å². The number of hydrogen-bond acceptors (Lipinski definition) is 6. The summed E-state index contributed by atoms with van der Waals surface area (Å²) in [5.74, 6) is 0. The monoisotopic (exact) mass is 356 g/mol. The number of nitrogens with zero attached hydrogens (tertiary/aromatic N) is 2. The van der Waals surface area contributed by atoms with Crippen LogP contribution >= 0.6 is 0 Å². The number of hydrogen-bond donors (Lipinski definition) is 2. The molecule has 0 bridgehead atoms. The summed E-state index contributed by atoms with van der Waals surface area (Å²) in [6.07, 6.45) is 0. The molecule has 0 atom stereocenters. The maximum absolute atomic E-state index is 11.2. The first-order chi connectivity index (χ1) is 10.6. The first-order valence-electron chi connectivity index (χ1n) is 6.15. The maximum atomic E-state index is 11.2. The van der Waals surface area contributed by atoms with Gasteiger partial charge in [-0.25, -0.2) is 0 Å². The molecule has 0 amide bonds. The van der Waals surface area contributed by atoms with Gasteiger partial charge in [0, 0.05) is 0 Å². The second-order valence-electron chi connectivity index (χ2n) is 4.59. The van der Waals surface area contributed by atoms with Crippen LogP contribution in [0.1, 0.15) is 5.56 Å². The molecule has 122 valence electrons. The van der Waals surface area contributed by atoms with Crippen LogP contribution < -0.4 is 0 Å². The quantitative estimate of drug-likeness (QED) is 0.639. The van der Waals surface area contributed by atoms with Gasteiger partial charge in [-0.3, -0.25) is 9.11 Å². The van der Waals surface area contributed by atoms with E-state index < -0.39 is 20.2 Å². The standard InChI is InChI=1S/C13H12N2O6S2/c1-9-2-3-11(8-13(9)23(19,20)21)15-14-10-4-6-12(7-5-10)22(16,17)18/h2-8H,1H3,(H,16,17,18)(H,19,20,21). The Bertz CT molecular complexity index is 964. The van der Waals surface area contributed by atoms with Crippen LogP contribution in [-0.4, -0.2) is 25.9 Å². The highest BCUT2D eigenvalue weighted by Crippen LogP contribution is 2.24. The lowest BCUT2D eigenvalue weighted by molar-refractivity contribution is 0.480. The fourth-order valence-corrected chi connectivity index (χ4v) is 2.95. The van der Waals surface area contributed by atoms with Gasteiger partial charge in [0.2, 0.25) is 0 Å². The van der Waals surface area contributed by atoms with Crippen LogP contribution in [0.15, 0.2) is 62.5 Å². The van der Waals surface area contributed by atoms with Crippen molar-refractivity contribution in [2.45, 2.75) is 16.7 Å². The topological polar surface area (TPSA) is 133 Å². The van der Waals surface area contributed by atoms with Gasteiger partial charge >= 0.3 is 0 Å². The van der Waals surface area contributed by atoms with Crippen molar-refractivity contribution in [1.82, 2.24) is 0 Å². The summed E-state index contributed by atoms with van der Waals surface area (Å²) in [4.78, 5) is -0.545. The molecule has 8 nitrogen and oxygen atoms in total. The normalized spacial score (nSPS) is 12.7. The van der Waals surface area contributed by atoms with Crippen molar-refractivity contribution in [3.05, 3.63) is 48.0 Å². The van der Waals surface area contributed by atoms with Crippen molar-refractivity contribution >= 4 is 31.6 Å². The van der Waals surface area contributed by atoms with E-state index >= 15 is 0 Å². The number of azo groups is 1. The van der Waals surface area contributed by atoms with Crippen molar-refractivity contribution in [3.63, 3.8) is 0 Å². The molecule has 10 heteroatoms. The molecule has 2 rings (SSSR count). The molecule has 0 saturated carbocycles. The van der Waals surface area contributed by atoms with E-state index in [0.29, 0.717) is 11.3 Å². The molecule has 2 N–H and O–H groups in total. The van der Waals surface area contributed by atoms with Crippen LogP contribution in [0.2, 0.25) is 0 Å². The van der Waals surface area contributed by atoms with Gasteiger partial charge in [0.1, 0.15) is 0 Å². The average Bonchev–Trinajstić information content (AvgIpc) is 2.44. The van der Waals surface area contributed by atoms with Crippen LogP contribution in [0.4, 0.5) is 11.4 Å². The predicted octanol–water partition coefficient (Wildman–Crippen LogP) is 2.90. The summed E-state index contributed by atoms with van der Waals surface area (Å²) in [6, 6.07) is 9.11. The largest absolute Gasteiger partial charge is 0.294 e. The van der Waals surface area contributed by atoms with Crippen LogP contribution in [-0.2, 0) is 20.2 Å². The van der Waals surface area contributed by atoms with Crippen LogP contribution in [0.25, 0.3) is 0 Å². The second kappa shape index (κ2) is 6.16. The van der Waals surface area contributed by atoms with E-state index in [1.54, 1.807) is 0 Å². The van der Waals surface area contributed by atoms with E-state index in [1.807, 2.05) is 0 Å². The Morgan fingerprint density at radius 3 is 1.83 bits per heavy atom. The highest BCUT2D eigenvalue weighted by molar-refractivity contribution is 7.86. The lowest BCUT2D eigenvalue weighted by Gasteiger charge is -2.02. The Balaban J connectivity index is 2.31. The number of aryl methyl sites for hydroxylation is 1. The molecule has 0 heterocycles. The zero-order valence-corrected chi connectivity index (χ0v) is 13.4. The van der Waals surface area contributed by atoms with E-state index in [-0.39, 0.29) is 15.5 Å². The van der Waals surface area contributed by atoms with Gasteiger partial charge in [-0.05, 0) is 48.9 Å². The van der Waals surface area contributed by atoms with Crippen molar-refractivity contribution in [2.24, 2.45) is 10.2 Å². The molecule has 0 aliphatic rings. The molecular formula is C13H12N2O6S2. The van der Waals surface area contributed by atoms with Gasteiger partial charge in [-0.15, -0.1) is 0 Å². The van der Waals surface area contributed by atoms with E-state index in [2.05, 4.69) is 10.2 Å². The first kappa shape index (κ1) is 17.2. The molecule has 23 heavy (non-hydrogen) atoms. The predicted molar refractivity (Wildman–Crippen MR) is 81.4 cm³/mol. The van der Waals surface area contributed by atoms with Crippen LogP contribution in [0.3, 0.4) is 0 Å². The van der Waals surface area contributed by atoms with Gasteiger partial charge in [-0.1, -0.05) is 6.07 Å². The zero-order valence-electron chi connectivity index (χ0n) is 11.8. The molecular weight excluding hydrogens is 344 g/mol. The molecule has 0 saturated heterocycles. The second-order valence-corrected chi connectivity index (χ2v) is 7.41. The summed E-state index contributed by atoms with van der Waals surface area (Å²) >= 11 is 0. The van der Waals surface area contributed by atoms with E-state index in [9.17, 15) is 16.8 Å². The highest BCUT2D eigenvalue weighted by atomic mass is 32.2. The summed E-state index contributed by atoms with van der Waals surface area (Å²) in [6.45, 7) is 1.53. The highest BCUT2D eigenvalue weighted by Gasteiger charge is 2.13. The molecule has 0 unspecified atom stereocenters. The average molecular weight is 356 g/mol. The molecule has 2 aromatic carbocycles. The third kappa shape index (κ3) is 4.42. The summed E-state index contributed by atoms with van der Waals surface area (Å²) < 4.78 is 62.2. The first-order valence-corrected chi connectivity index (χ1v) is 9.03. The molecule has 0 aliphatic heterocycles. The van der Waals surface area contributed by atoms with E-state index in [0.717, 1.165) is 12.1 Å². The number of benzene rings is 2. The van der Waals surface area contributed by atoms with Crippen molar-refractivity contribution < 1.29 is 25.9 Å². The molecule has 0 radical (unpaired) electrons. The lowest BCUT2D eigenvalue weighted by atomic mass is 10.2. The Morgan fingerprint density at radius 2 is 1.30 bits per heavy atom. The van der Waals surface area contributed by atoms with Gasteiger partial charge in [0.15, 0.2) is 0 Å². The van der Waals surface area contributed by atoms with Crippen molar-refractivity contribution in [1.29, 1.82) is 0 Å². The molecule has 0 aliphatic carbocycles. The SMILES string of the molecule is Cc1ccc(N=Nc2ccc(S(=O)(=O)O)cc2)cc1S(=O)(=O)O. The minimum atomic E-state index is -4.36. The Kier molecular flexibility index (Phi) is 4.61. The third-order valence-corrected chi connectivity index (χ3v) is 4.73. The Labute approximate surface area is 133 Å². The smallest absolute Gasteiger partial charge is 0.282 e. The van der Waals surface area contributed by atoms with Gasteiger partial charge in [-0.2, -0.15) is 27.1 Å². The van der Waals surface area contributed by atoms with Crippen molar-refractivity contribution in [3.8, 4) is 0 Å². The van der Waals surface area contributed by atoms with Crippen molar-refractivity contribution in [2.75, 3.05) is 0 Å². The third-order valence-electron chi connectivity index (χ3n) is 2.87. The fraction of sp³-hybridized carbons (Fsp3) is 0.0769. The van der Waals surface area contributed by atoms with Gasteiger partial charge in [0.05, 0.1) is 21.2 Å². The summed E-state index contributed by atoms with van der Waals surface area (Å²) in [7, 11) is -8.64. The van der Waals surface area contributed by atoms with Gasteiger partial charge < -0.3 is 0 Å². The van der Waals surface area contributed by atoms with Crippen LogP contribution in [0.5, 0.6) is 0 Å². The van der Waals surface area contributed by atoms with E-state index in [4.69, 9.17) is 9.11 Å². The van der Waals surface area contributed by atoms with E-state index in [1.165, 1.54) is 37.3 Å². The summed E-state index contributed by atoms with van der Waals surface area (Å²) in [5.41, 5.74) is 0.859. The Morgan fingerprint density at radius 1 is 0.783 bits per heavy atom. The lowest BCUT2D eigenvalue weighted by Crippen LogP contribution is -2.00. The molecule has 0 aromatic heterocycles. The summed E-state index contributed by atoms with van der Waals surface area (Å²) in [5, 5.41) is 7.65.